The van der Waals surface area contributed by atoms with Gasteiger partial charge in [-0.05, 0) is 41.0 Å². The first-order chi connectivity index (χ1) is 18.9. The van der Waals surface area contributed by atoms with Crippen LogP contribution in [-0.2, 0) is 30.3 Å². The van der Waals surface area contributed by atoms with Crippen LogP contribution < -0.4 is 0 Å². The number of phenols is 4. The van der Waals surface area contributed by atoms with Gasteiger partial charge in [-0.2, -0.15) is 0 Å². The van der Waals surface area contributed by atoms with E-state index in [4.69, 9.17) is 9.47 Å². The zero-order valence-corrected chi connectivity index (χ0v) is 21.1. The molecule has 0 unspecified atom stereocenters. The molecule has 0 radical (unpaired) electrons. The van der Waals surface area contributed by atoms with E-state index < -0.39 is 77.1 Å². The maximum atomic E-state index is 12.9. The first kappa shape index (κ1) is 28.5. The number of fused-ring (bicyclic) bond motifs is 2. The van der Waals surface area contributed by atoms with Crippen molar-refractivity contribution in [1.29, 1.82) is 0 Å². The molecule has 12 nitrogen and oxygen atoms in total. The third-order valence-electron chi connectivity index (χ3n) is 7.33. The largest absolute Gasteiger partial charge is 0.504 e. The Morgan fingerprint density at radius 1 is 0.900 bits per heavy atom. The number of benzene rings is 2. The summed E-state index contributed by atoms with van der Waals surface area (Å²) in [6.45, 7) is 0. The number of carbonyl (C=O) groups excluding carboxylic acids is 2. The van der Waals surface area contributed by atoms with E-state index in [1.165, 1.54) is 36.4 Å². The van der Waals surface area contributed by atoms with Crippen LogP contribution in [0.4, 0.5) is 0 Å². The van der Waals surface area contributed by atoms with Gasteiger partial charge < -0.3 is 45.2 Å². The fourth-order valence-electron chi connectivity index (χ4n) is 5.47. The van der Waals surface area contributed by atoms with Crippen molar-refractivity contribution in [2.24, 2.45) is 17.8 Å². The maximum Gasteiger partial charge on any atom is 0.345 e. The van der Waals surface area contributed by atoms with Crippen LogP contribution in [0.2, 0.25) is 0 Å². The number of aromatic hydroxyl groups is 4. The topological polar surface area (TPSA) is 211 Å². The van der Waals surface area contributed by atoms with Gasteiger partial charge in [0, 0.05) is 30.3 Å². The summed E-state index contributed by atoms with van der Waals surface area (Å²) >= 11 is 0. The van der Waals surface area contributed by atoms with Crippen LogP contribution in [0.15, 0.2) is 60.2 Å². The Morgan fingerprint density at radius 3 is 2.15 bits per heavy atom. The van der Waals surface area contributed by atoms with Gasteiger partial charge >= 0.3 is 17.9 Å². The number of allylic oxidation sites excluding steroid dienone is 1. The van der Waals surface area contributed by atoms with Crippen LogP contribution in [-0.4, -0.2) is 79.1 Å². The van der Waals surface area contributed by atoms with Gasteiger partial charge in [-0.25, -0.2) is 9.59 Å². The average Bonchev–Trinajstić information content (AvgIpc) is 2.92. The number of ether oxygens (including phenoxy) is 2. The predicted octanol–water partition coefficient (Wildman–Crippen LogP) is 1.08. The average molecular weight is 557 g/mol. The van der Waals surface area contributed by atoms with E-state index in [1.54, 1.807) is 6.08 Å². The molecule has 7 atom stereocenters. The molecule has 2 bridgehead atoms. The van der Waals surface area contributed by atoms with Crippen molar-refractivity contribution in [1.82, 2.24) is 0 Å². The molecule has 2 aromatic carbocycles. The summed E-state index contributed by atoms with van der Waals surface area (Å²) in [5.74, 6) is -8.53. The van der Waals surface area contributed by atoms with Crippen LogP contribution in [0.1, 0.15) is 17.0 Å². The first-order valence-corrected chi connectivity index (χ1v) is 12.2. The third-order valence-corrected chi connectivity index (χ3v) is 7.33. The standard InChI is InChI=1S/C28H28O12/c1-39-28(38)24-22(14-3-6-17(30)19(32)11-14)15-10-13(23(24)26(35)25(15)34)4-7-21(33)40-20(27(36)37)9-12-2-5-16(29)18(31)8-12/h2-8,10-11,15,20,22-26,29-32,34-35H,9H2,1H3,(H,36,37)/t15-,20+,22+,23+,24-,25-,26-/m1/s1. The van der Waals surface area contributed by atoms with Crippen molar-refractivity contribution < 1.29 is 59.6 Å². The Hall–Kier alpha value is -4.55. The van der Waals surface area contributed by atoms with Gasteiger partial charge in [0.05, 0.1) is 25.2 Å². The lowest BCUT2D eigenvalue weighted by Crippen LogP contribution is -2.57. The summed E-state index contributed by atoms with van der Waals surface area (Å²) in [5, 5.41) is 69.9. The molecular formula is C28H28O12. The summed E-state index contributed by atoms with van der Waals surface area (Å²) in [5.41, 5.74) is 1.01. The SMILES string of the molecule is COC(=O)[C@H]1[C@@H]2C(C=CC(=O)O[C@@H](Cc3ccc(O)c(O)c3)C(=O)O)=C[C@@H]([C@@H](O)[C@@H]2O)[C@@H]1c1ccc(O)c(O)c1. The van der Waals surface area contributed by atoms with Gasteiger partial charge in [0.15, 0.2) is 23.0 Å². The number of hydrogen-bond acceptors (Lipinski definition) is 11. The van der Waals surface area contributed by atoms with Gasteiger partial charge in [-0.15, -0.1) is 0 Å². The molecule has 40 heavy (non-hydrogen) atoms. The highest BCUT2D eigenvalue weighted by Gasteiger charge is 2.56. The molecule has 2 aromatic rings. The van der Waals surface area contributed by atoms with Crippen molar-refractivity contribution >= 4 is 17.9 Å². The first-order valence-electron chi connectivity index (χ1n) is 12.2. The molecular weight excluding hydrogens is 528 g/mol. The molecule has 212 valence electrons. The van der Waals surface area contributed by atoms with E-state index in [9.17, 15) is 50.1 Å². The molecule has 12 heteroatoms. The Labute approximate surface area is 227 Å². The van der Waals surface area contributed by atoms with Crippen molar-refractivity contribution in [2.75, 3.05) is 7.11 Å². The quantitative estimate of drug-likeness (QED) is 0.138. The molecule has 1 saturated carbocycles. The van der Waals surface area contributed by atoms with Crippen LogP contribution in [0.5, 0.6) is 23.0 Å². The molecule has 0 spiro atoms. The van der Waals surface area contributed by atoms with Crippen LogP contribution >= 0.6 is 0 Å². The number of esters is 2. The van der Waals surface area contributed by atoms with Gasteiger partial charge in [0.2, 0.25) is 6.10 Å². The molecule has 7 N–H and O–H groups in total. The van der Waals surface area contributed by atoms with Crippen LogP contribution in [0, 0.1) is 17.8 Å². The maximum absolute atomic E-state index is 12.9. The second-order valence-corrected chi connectivity index (χ2v) is 9.70. The monoisotopic (exact) mass is 556 g/mol. The third kappa shape index (κ3) is 5.44. The predicted molar refractivity (Wildman–Crippen MR) is 135 cm³/mol. The van der Waals surface area contributed by atoms with Crippen molar-refractivity contribution in [3.05, 3.63) is 71.3 Å². The second-order valence-electron chi connectivity index (χ2n) is 9.70. The van der Waals surface area contributed by atoms with E-state index in [1.807, 2.05) is 0 Å². The minimum atomic E-state index is -1.63. The number of methoxy groups -OCH3 is 1. The fourth-order valence-corrected chi connectivity index (χ4v) is 5.47. The summed E-state index contributed by atoms with van der Waals surface area (Å²) in [4.78, 5) is 37.1. The molecule has 3 aliphatic carbocycles. The molecule has 0 saturated heterocycles. The van der Waals surface area contributed by atoms with E-state index in [0.29, 0.717) is 11.1 Å². The molecule has 0 heterocycles. The number of carboxylic acid groups (broad SMARTS) is 1. The van der Waals surface area contributed by atoms with E-state index in [2.05, 4.69) is 0 Å². The molecule has 1 fully saturated rings. The van der Waals surface area contributed by atoms with Crippen molar-refractivity contribution in [2.45, 2.75) is 30.7 Å². The number of hydrogen-bond donors (Lipinski definition) is 7. The highest BCUT2D eigenvalue weighted by atomic mass is 16.6. The fraction of sp³-hybridized carbons (Fsp3) is 0.321. The van der Waals surface area contributed by atoms with Gasteiger partial charge in [0.25, 0.3) is 0 Å². The smallest absolute Gasteiger partial charge is 0.345 e. The zero-order chi connectivity index (χ0) is 29.3. The van der Waals surface area contributed by atoms with E-state index >= 15 is 0 Å². The minimum Gasteiger partial charge on any atom is -0.504 e. The van der Waals surface area contributed by atoms with Crippen molar-refractivity contribution in [3.8, 4) is 23.0 Å². The normalized spacial score (nSPS) is 26.2. The summed E-state index contributed by atoms with van der Waals surface area (Å²) < 4.78 is 10.0. The van der Waals surface area contributed by atoms with Gasteiger partial charge in [0.1, 0.15) is 0 Å². The molecule has 5 rings (SSSR count). The van der Waals surface area contributed by atoms with E-state index in [0.717, 1.165) is 19.3 Å². The van der Waals surface area contributed by atoms with Gasteiger partial charge in [-0.3, -0.25) is 4.79 Å². The summed E-state index contributed by atoms with van der Waals surface area (Å²) in [7, 11) is 1.16. The van der Waals surface area contributed by atoms with Crippen molar-refractivity contribution in [3.63, 3.8) is 0 Å². The highest BCUT2D eigenvalue weighted by molar-refractivity contribution is 5.86. The van der Waals surface area contributed by atoms with Gasteiger partial charge in [-0.1, -0.05) is 24.3 Å². The van der Waals surface area contributed by atoms with Crippen LogP contribution in [0.3, 0.4) is 0 Å². The minimum absolute atomic E-state index is 0.288. The Bertz CT molecular complexity index is 1380. The number of carboxylic acids is 1. The zero-order valence-electron chi connectivity index (χ0n) is 21.1. The summed E-state index contributed by atoms with van der Waals surface area (Å²) in [6, 6.07) is 7.65. The lowest BCUT2D eigenvalue weighted by Gasteiger charge is -2.51. The Balaban J connectivity index is 1.59. The number of carbonyl (C=O) groups is 3. The molecule has 3 aliphatic rings. The van der Waals surface area contributed by atoms with Crippen LogP contribution in [0.25, 0.3) is 0 Å². The van der Waals surface area contributed by atoms with E-state index in [-0.39, 0.29) is 17.7 Å². The number of rotatable bonds is 8. The highest BCUT2D eigenvalue weighted by Crippen LogP contribution is 2.54. The number of phenolic OH excluding ortho intramolecular Hbond substituents is 4. The molecule has 0 aromatic heterocycles. The molecule has 0 amide bonds. The summed E-state index contributed by atoms with van der Waals surface area (Å²) in [6.07, 6.45) is -0.855. The Morgan fingerprint density at radius 2 is 1.55 bits per heavy atom. The Kier molecular flexibility index (Phi) is 8.03. The lowest BCUT2D eigenvalue weighted by molar-refractivity contribution is -0.161. The number of aliphatic hydroxyl groups is 2. The number of aliphatic hydroxyl groups excluding tert-OH is 2. The molecule has 0 aliphatic heterocycles. The second kappa shape index (κ2) is 11.3. The number of aliphatic carboxylic acids is 1. The lowest BCUT2D eigenvalue weighted by atomic mass is 9.55.